The zero-order valence-corrected chi connectivity index (χ0v) is 11.8. The molecule has 1 aliphatic rings. The van der Waals surface area contributed by atoms with E-state index in [1.807, 2.05) is 0 Å². The Morgan fingerprint density at radius 2 is 2.06 bits per heavy atom. The highest BCUT2D eigenvalue weighted by Gasteiger charge is 2.20. The van der Waals surface area contributed by atoms with Gasteiger partial charge in [-0.2, -0.15) is 0 Å². The van der Waals surface area contributed by atoms with Gasteiger partial charge in [-0.1, -0.05) is 33.1 Å². The molecule has 0 bridgehead atoms. The summed E-state index contributed by atoms with van der Waals surface area (Å²) in [6, 6.07) is 0. The topological polar surface area (TPSA) is 29.1 Å². The van der Waals surface area contributed by atoms with Crippen molar-refractivity contribution in [2.75, 3.05) is 19.3 Å². The summed E-state index contributed by atoms with van der Waals surface area (Å²) in [5.41, 5.74) is 0. The van der Waals surface area contributed by atoms with Crippen LogP contribution in [0, 0.1) is 11.8 Å². The number of nitrogens with one attached hydrogen (secondary N) is 1. The van der Waals surface area contributed by atoms with Gasteiger partial charge in [0, 0.05) is 22.3 Å². The van der Waals surface area contributed by atoms with Crippen molar-refractivity contribution in [1.82, 2.24) is 5.32 Å². The van der Waals surface area contributed by atoms with Gasteiger partial charge in [0.2, 0.25) is 0 Å². The van der Waals surface area contributed by atoms with Gasteiger partial charge in [-0.15, -0.1) is 0 Å². The van der Waals surface area contributed by atoms with Crippen molar-refractivity contribution in [2.45, 2.75) is 51.2 Å². The number of hydrogen-bond donors (Lipinski definition) is 1. The van der Waals surface area contributed by atoms with Crippen LogP contribution in [-0.4, -0.2) is 28.8 Å². The van der Waals surface area contributed by atoms with Gasteiger partial charge in [-0.25, -0.2) is 0 Å². The summed E-state index contributed by atoms with van der Waals surface area (Å²) < 4.78 is 11.2. The summed E-state index contributed by atoms with van der Waals surface area (Å²) in [5, 5.41) is 3.87. The zero-order valence-electron chi connectivity index (χ0n) is 11.0. The van der Waals surface area contributed by atoms with E-state index < -0.39 is 10.8 Å². The van der Waals surface area contributed by atoms with Crippen molar-refractivity contribution in [3.05, 3.63) is 0 Å². The SMILES string of the molecule is C[C@@H]1CCCC[C@@H]1CNCC[C@@H](C)[S@](C)=O. The third-order valence-corrected chi connectivity index (χ3v) is 5.36. The highest BCUT2D eigenvalue weighted by Crippen LogP contribution is 2.28. The minimum absolute atomic E-state index is 0.330. The van der Waals surface area contributed by atoms with Crippen molar-refractivity contribution < 1.29 is 4.21 Å². The molecule has 0 amide bonds. The maximum Gasteiger partial charge on any atom is 0.0329 e. The first-order chi connectivity index (χ1) is 7.61. The maximum atomic E-state index is 11.2. The fourth-order valence-electron chi connectivity index (χ4n) is 2.46. The van der Waals surface area contributed by atoms with Gasteiger partial charge in [0.05, 0.1) is 0 Å². The van der Waals surface area contributed by atoms with Crippen molar-refractivity contribution in [2.24, 2.45) is 11.8 Å². The highest BCUT2D eigenvalue weighted by atomic mass is 32.2. The fraction of sp³-hybridized carbons (Fsp3) is 1.00. The van der Waals surface area contributed by atoms with E-state index in [-0.39, 0.29) is 0 Å². The average Bonchev–Trinajstić information content (AvgIpc) is 2.26. The third kappa shape index (κ3) is 4.96. The smallest absolute Gasteiger partial charge is 0.0329 e. The molecule has 1 rings (SSSR count). The molecule has 0 unspecified atom stereocenters. The molecule has 1 aliphatic carbocycles. The molecular formula is C13H27NOS. The normalized spacial score (nSPS) is 29.9. The van der Waals surface area contributed by atoms with E-state index in [0.717, 1.165) is 31.3 Å². The van der Waals surface area contributed by atoms with E-state index in [2.05, 4.69) is 19.2 Å². The molecule has 0 spiro atoms. The van der Waals surface area contributed by atoms with Gasteiger partial charge in [0.15, 0.2) is 0 Å². The highest BCUT2D eigenvalue weighted by molar-refractivity contribution is 7.84. The lowest BCUT2D eigenvalue weighted by molar-refractivity contribution is 0.248. The predicted octanol–water partition coefficient (Wildman–Crippen LogP) is 2.56. The van der Waals surface area contributed by atoms with Crippen LogP contribution in [0.3, 0.4) is 0 Å². The third-order valence-electron chi connectivity index (χ3n) is 3.99. The lowest BCUT2D eigenvalue weighted by atomic mass is 9.80. The van der Waals surface area contributed by atoms with Crippen molar-refractivity contribution in [3.8, 4) is 0 Å². The van der Waals surface area contributed by atoms with Gasteiger partial charge in [0.25, 0.3) is 0 Å². The van der Waals surface area contributed by atoms with Gasteiger partial charge in [0.1, 0.15) is 0 Å². The first kappa shape index (κ1) is 14.2. The molecule has 0 saturated heterocycles. The Morgan fingerprint density at radius 1 is 1.38 bits per heavy atom. The van der Waals surface area contributed by atoms with Crippen LogP contribution in [0.2, 0.25) is 0 Å². The lowest BCUT2D eigenvalue weighted by Gasteiger charge is -2.29. The molecule has 2 nitrogen and oxygen atoms in total. The maximum absolute atomic E-state index is 11.2. The van der Waals surface area contributed by atoms with Gasteiger partial charge in [-0.3, -0.25) is 4.21 Å². The van der Waals surface area contributed by atoms with Crippen LogP contribution in [0.5, 0.6) is 0 Å². The second-order valence-electron chi connectivity index (χ2n) is 5.32. The molecule has 4 atom stereocenters. The fourth-order valence-corrected chi connectivity index (χ4v) is 2.90. The van der Waals surface area contributed by atoms with Crippen LogP contribution in [0.25, 0.3) is 0 Å². The molecular weight excluding hydrogens is 218 g/mol. The molecule has 0 radical (unpaired) electrons. The second-order valence-corrected chi connectivity index (χ2v) is 7.13. The first-order valence-corrected chi connectivity index (χ1v) is 8.26. The van der Waals surface area contributed by atoms with E-state index in [9.17, 15) is 4.21 Å². The summed E-state index contributed by atoms with van der Waals surface area (Å²) in [7, 11) is -0.665. The molecule has 1 fully saturated rings. The van der Waals surface area contributed by atoms with E-state index in [1.165, 1.54) is 25.7 Å². The molecule has 0 aromatic heterocycles. The minimum atomic E-state index is -0.665. The van der Waals surface area contributed by atoms with Crippen LogP contribution < -0.4 is 5.32 Å². The number of hydrogen-bond acceptors (Lipinski definition) is 2. The summed E-state index contributed by atoms with van der Waals surface area (Å²) in [4.78, 5) is 0. The van der Waals surface area contributed by atoms with E-state index in [4.69, 9.17) is 0 Å². The molecule has 96 valence electrons. The molecule has 0 aliphatic heterocycles. The van der Waals surface area contributed by atoms with Crippen LogP contribution in [0.15, 0.2) is 0 Å². The quantitative estimate of drug-likeness (QED) is 0.729. The van der Waals surface area contributed by atoms with Gasteiger partial charge < -0.3 is 5.32 Å². The Balaban J connectivity index is 2.08. The molecule has 0 aromatic carbocycles. The Kier molecular flexibility index (Phi) is 6.59. The molecule has 16 heavy (non-hydrogen) atoms. The predicted molar refractivity (Wildman–Crippen MR) is 72.1 cm³/mol. The summed E-state index contributed by atoms with van der Waals surface area (Å²) in [6.07, 6.45) is 8.46. The number of rotatable bonds is 6. The van der Waals surface area contributed by atoms with Crippen molar-refractivity contribution in [3.63, 3.8) is 0 Å². The summed E-state index contributed by atoms with van der Waals surface area (Å²) >= 11 is 0. The van der Waals surface area contributed by atoms with E-state index >= 15 is 0 Å². The Morgan fingerprint density at radius 3 is 2.69 bits per heavy atom. The van der Waals surface area contributed by atoms with Crippen LogP contribution >= 0.6 is 0 Å². The Bertz CT molecular complexity index is 220. The van der Waals surface area contributed by atoms with Crippen LogP contribution in [0.1, 0.15) is 46.0 Å². The Labute approximate surface area is 103 Å². The monoisotopic (exact) mass is 245 g/mol. The largest absolute Gasteiger partial charge is 0.316 e. The molecule has 1 N–H and O–H groups in total. The Hall–Kier alpha value is 0.110. The zero-order chi connectivity index (χ0) is 12.0. The lowest BCUT2D eigenvalue weighted by Crippen LogP contribution is -2.31. The van der Waals surface area contributed by atoms with Crippen LogP contribution in [0.4, 0.5) is 0 Å². The van der Waals surface area contributed by atoms with Gasteiger partial charge >= 0.3 is 0 Å². The molecule has 0 aromatic rings. The average molecular weight is 245 g/mol. The molecule has 0 heterocycles. The van der Waals surface area contributed by atoms with E-state index in [0.29, 0.717) is 5.25 Å². The van der Waals surface area contributed by atoms with Gasteiger partial charge in [-0.05, 0) is 37.8 Å². The summed E-state index contributed by atoms with van der Waals surface area (Å²) in [5.74, 6) is 1.76. The van der Waals surface area contributed by atoms with Crippen LogP contribution in [-0.2, 0) is 10.8 Å². The first-order valence-electron chi connectivity index (χ1n) is 6.64. The second kappa shape index (κ2) is 7.44. The summed E-state index contributed by atoms with van der Waals surface area (Å²) in [6.45, 7) is 6.63. The molecule has 1 saturated carbocycles. The van der Waals surface area contributed by atoms with Crippen molar-refractivity contribution in [1.29, 1.82) is 0 Å². The standard InChI is InChI=1S/C13H27NOS/c1-11-6-4-5-7-13(11)10-14-9-8-12(2)16(3)15/h11-14H,4-10H2,1-3H3/t11-,12-,13-,16+/m1/s1. The molecule has 3 heteroatoms. The van der Waals surface area contributed by atoms with Crippen molar-refractivity contribution >= 4 is 10.8 Å². The minimum Gasteiger partial charge on any atom is -0.316 e. The van der Waals surface area contributed by atoms with E-state index in [1.54, 1.807) is 6.26 Å².